The summed E-state index contributed by atoms with van der Waals surface area (Å²) in [5, 5.41) is 1.04. The van der Waals surface area contributed by atoms with Crippen molar-refractivity contribution < 1.29 is 14.3 Å². The zero-order valence-electron chi connectivity index (χ0n) is 17.0. The van der Waals surface area contributed by atoms with Crippen molar-refractivity contribution in [2.75, 3.05) is 33.4 Å². The number of methoxy groups -OCH3 is 1. The maximum atomic E-state index is 13.0. The van der Waals surface area contributed by atoms with Gasteiger partial charge in [-0.05, 0) is 43.0 Å². The minimum absolute atomic E-state index is 0.111. The molecule has 1 amide bonds. The Morgan fingerprint density at radius 2 is 1.90 bits per heavy atom. The lowest BCUT2D eigenvalue weighted by atomic mass is 10.1. The van der Waals surface area contributed by atoms with E-state index in [1.165, 1.54) is 5.56 Å². The Morgan fingerprint density at radius 3 is 2.72 bits per heavy atom. The summed E-state index contributed by atoms with van der Waals surface area (Å²) in [7, 11) is 1.70. The fourth-order valence-corrected chi connectivity index (χ4v) is 3.98. The second-order valence-electron chi connectivity index (χ2n) is 7.47. The molecule has 0 N–H and O–H groups in total. The molecule has 1 fully saturated rings. The first kappa shape index (κ1) is 19.5. The summed E-state index contributed by atoms with van der Waals surface area (Å²) in [5.41, 5.74) is 3.23. The predicted molar refractivity (Wildman–Crippen MR) is 115 cm³/mol. The number of ether oxygens (including phenoxy) is 2. The monoisotopic (exact) mass is 392 g/mol. The molecule has 0 unspecified atom stereocenters. The van der Waals surface area contributed by atoms with Crippen molar-refractivity contribution >= 4 is 16.8 Å². The van der Waals surface area contributed by atoms with Crippen LogP contribution in [0.25, 0.3) is 10.9 Å². The van der Waals surface area contributed by atoms with Crippen LogP contribution in [-0.4, -0.2) is 48.8 Å². The van der Waals surface area contributed by atoms with E-state index < -0.39 is 0 Å². The molecule has 0 radical (unpaired) electrons. The minimum atomic E-state index is 0.111. The number of nitrogens with zero attached hydrogens (tertiary/aromatic N) is 2. The number of amides is 1. The van der Waals surface area contributed by atoms with Crippen LogP contribution in [0.1, 0.15) is 28.8 Å². The second-order valence-corrected chi connectivity index (χ2v) is 7.47. The Bertz CT molecular complexity index is 973. The van der Waals surface area contributed by atoms with Crippen molar-refractivity contribution in [1.29, 1.82) is 0 Å². The molecule has 2 heterocycles. The van der Waals surface area contributed by atoms with E-state index in [-0.39, 0.29) is 5.91 Å². The van der Waals surface area contributed by atoms with Gasteiger partial charge in [0.05, 0.1) is 25.9 Å². The number of fused-ring (bicyclic) bond motifs is 1. The summed E-state index contributed by atoms with van der Waals surface area (Å²) in [6.45, 7) is 3.47. The molecule has 5 nitrogen and oxygen atoms in total. The van der Waals surface area contributed by atoms with E-state index in [9.17, 15) is 4.79 Å². The molecule has 0 bridgehead atoms. The standard InChI is InChI=1S/C24H28N2O3/c1-28-20-9-6-8-19(17-20)7-4-5-12-26-18-22(21-10-2-3-11-23(21)26)24(27)25-13-15-29-16-14-25/h2-3,6,8-11,17-18H,4-5,7,12-16H2,1H3. The lowest BCUT2D eigenvalue weighted by molar-refractivity contribution is 0.0304. The Hall–Kier alpha value is -2.79. The van der Waals surface area contributed by atoms with Crippen LogP contribution in [0.4, 0.5) is 0 Å². The van der Waals surface area contributed by atoms with E-state index in [2.05, 4.69) is 28.8 Å². The van der Waals surface area contributed by atoms with Crippen LogP contribution in [0.15, 0.2) is 54.7 Å². The number of morpholine rings is 1. The van der Waals surface area contributed by atoms with Gasteiger partial charge in [-0.1, -0.05) is 30.3 Å². The molecule has 5 heteroatoms. The molecule has 0 spiro atoms. The SMILES string of the molecule is COc1cccc(CCCCn2cc(C(=O)N3CCOCC3)c3ccccc32)c1. The van der Waals surface area contributed by atoms with E-state index in [0.29, 0.717) is 26.3 Å². The van der Waals surface area contributed by atoms with Gasteiger partial charge in [0.2, 0.25) is 0 Å². The average Bonchev–Trinajstić information content (AvgIpc) is 3.16. The smallest absolute Gasteiger partial charge is 0.256 e. The third-order valence-electron chi connectivity index (χ3n) is 5.57. The fraction of sp³-hybridized carbons (Fsp3) is 0.375. The molecule has 29 heavy (non-hydrogen) atoms. The maximum absolute atomic E-state index is 13.0. The van der Waals surface area contributed by atoms with Gasteiger partial charge >= 0.3 is 0 Å². The normalized spacial score (nSPS) is 14.3. The maximum Gasteiger partial charge on any atom is 0.256 e. The zero-order chi connectivity index (χ0) is 20.1. The summed E-state index contributed by atoms with van der Waals surface area (Å²) < 4.78 is 12.9. The van der Waals surface area contributed by atoms with Gasteiger partial charge in [-0.25, -0.2) is 0 Å². The lowest BCUT2D eigenvalue weighted by Gasteiger charge is -2.26. The number of carbonyl (C=O) groups excluding carboxylic acids is 1. The molecule has 0 aliphatic carbocycles. The van der Waals surface area contributed by atoms with Gasteiger partial charge in [0, 0.05) is 36.7 Å². The molecule has 1 aliphatic heterocycles. The highest BCUT2D eigenvalue weighted by molar-refractivity contribution is 6.07. The van der Waals surface area contributed by atoms with Gasteiger partial charge in [-0.15, -0.1) is 0 Å². The second kappa shape index (κ2) is 9.14. The van der Waals surface area contributed by atoms with Crippen molar-refractivity contribution in [3.05, 3.63) is 65.9 Å². The van der Waals surface area contributed by atoms with Crippen molar-refractivity contribution in [3.63, 3.8) is 0 Å². The molecule has 3 aromatic rings. The number of rotatable bonds is 7. The van der Waals surface area contributed by atoms with Crippen LogP contribution >= 0.6 is 0 Å². The van der Waals surface area contributed by atoms with Gasteiger partial charge in [-0.2, -0.15) is 0 Å². The van der Waals surface area contributed by atoms with Gasteiger partial charge in [0.1, 0.15) is 5.75 Å². The van der Waals surface area contributed by atoms with Crippen LogP contribution in [0, 0.1) is 0 Å². The van der Waals surface area contributed by atoms with E-state index in [0.717, 1.165) is 48.0 Å². The molecular weight excluding hydrogens is 364 g/mol. The van der Waals surface area contributed by atoms with E-state index >= 15 is 0 Å². The molecule has 0 atom stereocenters. The van der Waals surface area contributed by atoms with Crippen molar-refractivity contribution in [2.45, 2.75) is 25.8 Å². The highest BCUT2D eigenvalue weighted by atomic mass is 16.5. The molecule has 1 saturated heterocycles. The number of hydrogen-bond donors (Lipinski definition) is 0. The predicted octanol–water partition coefficient (Wildman–Crippen LogP) is 4.15. The molecule has 152 valence electrons. The van der Waals surface area contributed by atoms with Crippen molar-refractivity contribution in [1.82, 2.24) is 9.47 Å². The summed E-state index contributed by atoms with van der Waals surface area (Å²) in [4.78, 5) is 14.9. The third kappa shape index (κ3) is 4.46. The number of unbranched alkanes of at least 4 members (excludes halogenated alkanes) is 1. The van der Waals surface area contributed by atoms with E-state index in [1.807, 2.05) is 35.4 Å². The highest BCUT2D eigenvalue weighted by Crippen LogP contribution is 2.24. The first-order valence-corrected chi connectivity index (χ1v) is 10.3. The minimum Gasteiger partial charge on any atom is -0.497 e. The van der Waals surface area contributed by atoms with Crippen LogP contribution < -0.4 is 4.74 Å². The number of carbonyl (C=O) groups is 1. The van der Waals surface area contributed by atoms with Gasteiger partial charge in [0.25, 0.3) is 5.91 Å². The Labute approximate surface area is 171 Å². The highest BCUT2D eigenvalue weighted by Gasteiger charge is 2.22. The van der Waals surface area contributed by atoms with Crippen molar-refractivity contribution in [3.8, 4) is 5.75 Å². The van der Waals surface area contributed by atoms with Crippen molar-refractivity contribution in [2.24, 2.45) is 0 Å². The third-order valence-corrected chi connectivity index (χ3v) is 5.57. The van der Waals surface area contributed by atoms with Gasteiger partial charge < -0.3 is 18.9 Å². The van der Waals surface area contributed by atoms with Crippen LogP contribution in [0.2, 0.25) is 0 Å². The summed E-state index contributed by atoms with van der Waals surface area (Å²) in [6, 6.07) is 16.5. The Balaban J connectivity index is 1.44. The quantitative estimate of drug-likeness (QED) is 0.568. The number of aryl methyl sites for hydroxylation is 2. The fourth-order valence-electron chi connectivity index (χ4n) is 3.98. The molecule has 1 aromatic heterocycles. The molecular formula is C24H28N2O3. The first-order valence-electron chi connectivity index (χ1n) is 10.3. The Morgan fingerprint density at radius 1 is 1.07 bits per heavy atom. The first-order chi connectivity index (χ1) is 14.3. The molecule has 4 rings (SSSR count). The van der Waals surface area contributed by atoms with Gasteiger partial charge in [0.15, 0.2) is 0 Å². The zero-order valence-corrected chi connectivity index (χ0v) is 17.0. The van der Waals surface area contributed by atoms with Crippen LogP contribution in [0.5, 0.6) is 5.75 Å². The van der Waals surface area contributed by atoms with E-state index in [4.69, 9.17) is 9.47 Å². The topological polar surface area (TPSA) is 43.7 Å². The Kier molecular flexibility index (Phi) is 6.15. The summed E-state index contributed by atoms with van der Waals surface area (Å²) >= 11 is 0. The summed E-state index contributed by atoms with van der Waals surface area (Å²) in [5.74, 6) is 1.02. The lowest BCUT2D eigenvalue weighted by Crippen LogP contribution is -2.40. The molecule has 1 aliphatic rings. The van der Waals surface area contributed by atoms with Crippen LogP contribution in [0.3, 0.4) is 0 Å². The molecule has 2 aromatic carbocycles. The number of aromatic nitrogens is 1. The van der Waals surface area contributed by atoms with Gasteiger partial charge in [-0.3, -0.25) is 4.79 Å². The largest absolute Gasteiger partial charge is 0.497 e. The number of benzene rings is 2. The number of hydrogen-bond acceptors (Lipinski definition) is 3. The average molecular weight is 392 g/mol. The molecule has 0 saturated carbocycles. The summed E-state index contributed by atoms with van der Waals surface area (Å²) in [6.07, 6.45) is 5.21. The van der Waals surface area contributed by atoms with E-state index in [1.54, 1.807) is 7.11 Å². The van der Waals surface area contributed by atoms with Crippen LogP contribution in [-0.2, 0) is 17.7 Å². The number of para-hydroxylation sites is 1.